The van der Waals surface area contributed by atoms with Gasteiger partial charge >= 0.3 is 7.60 Å². The van der Waals surface area contributed by atoms with Gasteiger partial charge in [0.05, 0.1) is 0 Å². The van der Waals surface area contributed by atoms with Crippen LogP contribution in [0.1, 0.15) is 57.8 Å². The maximum Gasteiger partial charge on any atom is 0.325 e. The second-order valence-corrected chi connectivity index (χ2v) is 6.52. The average Bonchev–Trinajstić information content (AvgIpc) is 2.19. The van der Waals surface area contributed by atoms with Crippen molar-refractivity contribution in [3.8, 4) is 0 Å². The van der Waals surface area contributed by atoms with Crippen LogP contribution in [0.4, 0.5) is 0 Å². The van der Waals surface area contributed by atoms with Crippen molar-refractivity contribution in [2.75, 3.05) is 11.9 Å². The molecule has 5 heteroatoms. The van der Waals surface area contributed by atoms with E-state index in [-0.39, 0.29) is 6.16 Å². The molecule has 0 saturated carbocycles. The van der Waals surface area contributed by atoms with E-state index in [2.05, 4.69) is 12.6 Å². The summed E-state index contributed by atoms with van der Waals surface area (Å²) >= 11 is 4.16. The van der Waals surface area contributed by atoms with Gasteiger partial charge in [-0.1, -0.05) is 44.9 Å². The highest BCUT2D eigenvalue weighted by molar-refractivity contribution is 7.80. The Labute approximate surface area is 105 Å². The van der Waals surface area contributed by atoms with Gasteiger partial charge in [0.15, 0.2) is 0 Å². The Morgan fingerprint density at radius 3 is 1.50 bits per heavy atom. The average molecular weight is 268 g/mol. The maximum atomic E-state index is 10.6. The molecule has 0 fully saturated rings. The number of unbranched alkanes of at least 4 members (excludes halogenated alkanes) is 8. The molecule has 3 nitrogen and oxygen atoms in total. The van der Waals surface area contributed by atoms with Crippen LogP contribution in [0.15, 0.2) is 0 Å². The fourth-order valence-corrected chi connectivity index (χ4v) is 2.53. The topological polar surface area (TPSA) is 57.5 Å². The molecule has 0 aliphatic rings. The zero-order chi connectivity index (χ0) is 12.3. The fraction of sp³-hybridized carbons (Fsp3) is 1.00. The first kappa shape index (κ1) is 16.5. The van der Waals surface area contributed by atoms with Crippen LogP contribution < -0.4 is 0 Å². The van der Waals surface area contributed by atoms with Crippen LogP contribution in [0.25, 0.3) is 0 Å². The highest BCUT2D eigenvalue weighted by atomic mass is 32.1. The van der Waals surface area contributed by atoms with Crippen LogP contribution in [0.5, 0.6) is 0 Å². The van der Waals surface area contributed by atoms with Crippen molar-refractivity contribution in [3.05, 3.63) is 0 Å². The molecule has 0 amide bonds. The molecule has 0 unspecified atom stereocenters. The third kappa shape index (κ3) is 14.5. The molecular weight excluding hydrogens is 243 g/mol. The molecule has 16 heavy (non-hydrogen) atoms. The molecule has 0 aromatic carbocycles. The van der Waals surface area contributed by atoms with E-state index in [9.17, 15) is 4.57 Å². The quantitative estimate of drug-likeness (QED) is 0.305. The van der Waals surface area contributed by atoms with Crippen molar-refractivity contribution in [1.29, 1.82) is 0 Å². The van der Waals surface area contributed by atoms with Gasteiger partial charge in [-0.25, -0.2) is 0 Å². The largest absolute Gasteiger partial charge is 0.325 e. The minimum Gasteiger partial charge on any atom is -0.324 e. The zero-order valence-corrected chi connectivity index (χ0v) is 11.8. The molecule has 0 saturated heterocycles. The van der Waals surface area contributed by atoms with E-state index >= 15 is 0 Å². The lowest BCUT2D eigenvalue weighted by Gasteiger charge is -2.03. The molecule has 0 spiro atoms. The fourth-order valence-electron chi connectivity index (χ4n) is 1.67. The van der Waals surface area contributed by atoms with Gasteiger partial charge in [0, 0.05) is 6.16 Å². The Morgan fingerprint density at radius 1 is 0.750 bits per heavy atom. The molecule has 0 rings (SSSR count). The first-order chi connectivity index (χ1) is 7.56. The third-order valence-electron chi connectivity index (χ3n) is 2.61. The lowest BCUT2D eigenvalue weighted by molar-refractivity contribution is 0.370. The Bertz CT molecular complexity index is 194. The molecule has 0 heterocycles. The van der Waals surface area contributed by atoms with Crippen molar-refractivity contribution in [3.63, 3.8) is 0 Å². The Morgan fingerprint density at radius 2 is 1.12 bits per heavy atom. The van der Waals surface area contributed by atoms with Gasteiger partial charge in [0.1, 0.15) is 0 Å². The van der Waals surface area contributed by atoms with Gasteiger partial charge < -0.3 is 9.79 Å². The monoisotopic (exact) mass is 268 g/mol. The first-order valence-electron chi connectivity index (χ1n) is 6.22. The van der Waals surface area contributed by atoms with Crippen molar-refractivity contribution < 1.29 is 14.4 Å². The number of thiol groups is 1. The second-order valence-electron chi connectivity index (χ2n) is 4.29. The summed E-state index contributed by atoms with van der Waals surface area (Å²) in [5.41, 5.74) is 0. The van der Waals surface area contributed by atoms with E-state index in [4.69, 9.17) is 9.79 Å². The molecule has 98 valence electrons. The summed E-state index contributed by atoms with van der Waals surface area (Å²) in [5, 5.41) is 0. The molecule has 0 aromatic rings. The minimum absolute atomic E-state index is 0.0505. The number of hydrogen-bond donors (Lipinski definition) is 3. The Hall–Kier alpha value is 0.500. The SMILES string of the molecule is O=P(O)(O)CCCCCCCCCCCS. The van der Waals surface area contributed by atoms with E-state index in [1.54, 1.807) is 0 Å². The first-order valence-corrected chi connectivity index (χ1v) is 8.65. The van der Waals surface area contributed by atoms with Gasteiger partial charge in [-0.15, -0.1) is 0 Å². The predicted molar refractivity (Wildman–Crippen MR) is 72.3 cm³/mol. The summed E-state index contributed by atoms with van der Waals surface area (Å²) in [4.78, 5) is 17.3. The van der Waals surface area contributed by atoms with E-state index < -0.39 is 7.60 Å². The van der Waals surface area contributed by atoms with Gasteiger partial charge in [-0.05, 0) is 18.6 Å². The van der Waals surface area contributed by atoms with E-state index in [0.717, 1.165) is 18.6 Å². The van der Waals surface area contributed by atoms with Gasteiger partial charge in [-0.2, -0.15) is 12.6 Å². The summed E-state index contributed by atoms with van der Waals surface area (Å²) in [7, 11) is -3.75. The van der Waals surface area contributed by atoms with Crippen LogP contribution in [-0.2, 0) is 4.57 Å². The summed E-state index contributed by atoms with van der Waals surface area (Å²) < 4.78 is 10.6. The van der Waals surface area contributed by atoms with Crippen molar-refractivity contribution in [2.45, 2.75) is 57.8 Å². The molecule has 0 aliphatic carbocycles. The van der Waals surface area contributed by atoms with Crippen LogP contribution >= 0.6 is 20.2 Å². The molecule has 0 radical (unpaired) electrons. The van der Waals surface area contributed by atoms with E-state index in [1.807, 2.05) is 0 Å². The summed E-state index contributed by atoms with van der Waals surface area (Å²) in [6.45, 7) is 0. The zero-order valence-electron chi connectivity index (χ0n) is 9.98. The molecule has 0 bridgehead atoms. The smallest absolute Gasteiger partial charge is 0.324 e. The summed E-state index contributed by atoms with van der Waals surface area (Å²) in [6, 6.07) is 0. The Kier molecular flexibility index (Phi) is 11.0. The van der Waals surface area contributed by atoms with Crippen LogP contribution in [0.3, 0.4) is 0 Å². The lowest BCUT2D eigenvalue weighted by atomic mass is 10.1. The highest BCUT2D eigenvalue weighted by Crippen LogP contribution is 2.35. The van der Waals surface area contributed by atoms with Crippen molar-refractivity contribution in [2.24, 2.45) is 0 Å². The van der Waals surface area contributed by atoms with Gasteiger partial charge in [0.25, 0.3) is 0 Å². The second kappa shape index (κ2) is 10.6. The van der Waals surface area contributed by atoms with Crippen LogP contribution in [-0.4, -0.2) is 21.7 Å². The maximum absolute atomic E-state index is 10.6. The molecule has 0 atom stereocenters. The molecule has 0 aromatic heterocycles. The highest BCUT2D eigenvalue weighted by Gasteiger charge is 2.10. The minimum atomic E-state index is -3.75. The van der Waals surface area contributed by atoms with Crippen molar-refractivity contribution >= 4 is 20.2 Å². The number of rotatable bonds is 11. The standard InChI is InChI=1S/C11H25O3PS/c12-15(13,14)10-8-6-4-2-1-3-5-7-9-11-16/h16H,1-11H2,(H2,12,13,14). The van der Waals surface area contributed by atoms with Crippen LogP contribution in [0, 0.1) is 0 Å². The molecule has 0 aliphatic heterocycles. The molecular formula is C11H25O3PS. The third-order valence-corrected chi connectivity index (χ3v) is 3.82. The molecule has 2 N–H and O–H groups in total. The normalized spacial score (nSPS) is 11.9. The summed E-state index contributed by atoms with van der Waals surface area (Å²) in [5.74, 6) is 0.988. The Balaban J connectivity index is 3.02. The predicted octanol–water partition coefficient (Wildman–Crippen LogP) is 3.60. The van der Waals surface area contributed by atoms with E-state index in [1.165, 1.54) is 38.5 Å². The van der Waals surface area contributed by atoms with E-state index in [0.29, 0.717) is 6.42 Å². The lowest BCUT2D eigenvalue weighted by Crippen LogP contribution is -1.88. The van der Waals surface area contributed by atoms with Gasteiger partial charge in [0.2, 0.25) is 0 Å². The van der Waals surface area contributed by atoms with Gasteiger partial charge in [-0.3, -0.25) is 4.57 Å². The van der Waals surface area contributed by atoms with Crippen molar-refractivity contribution in [1.82, 2.24) is 0 Å². The summed E-state index contributed by atoms with van der Waals surface area (Å²) in [6.07, 6.45) is 10.3. The number of hydrogen-bond acceptors (Lipinski definition) is 2. The van der Waals surface area contributed by atoms with Crippen LogP contribution in [0.2, 0.25) is 0 Å².